The number of allylic oxidation sites excluding steroid dienone is 1. The number of phenolic OH excluding ortho intramolecular Hbond substituents is 1. The van der Waals surface area contributed by atoms with Gasteiger partial charge in [0.25, 0.3) is 0 Å². The zero-order valence-electron chi connectivity index (χ0n) is 9.01. The van der Waals surface area contributed by atoms with Crippen LogP contribution < -0.4 is 0 Å². The molecule has 16 heavy (non-hydrogen) atoms. The van der Waals surface area contributed by atoms with Gasteiger partial charge in [-0.05, 0) is 29.7 Å². The molecule has 0 saturated heterocycles. The van der Waals surface area contributed by atoms with Crippen LogP contribution in [0.25, 0.3) is 6.08 Å². The van der Waals surface area contributed by atoms with Crippen LogP contribution in [0.4, 0.5) is 0 Å². The van der Waals surface area contributed by atoms with Gasteiger partial charge in [-0.2, -0.15) is 0 Å². The van der Waals surface area contributed by atoms with Crippen LogP contribution in [0.5, 0.6) is 5.75 Å². The average Bonchev–Trinajstić information content (AvgIpc) is 2.33. The van der Waals surface area contributed by atoms with E-state index in [2.05, 4.69) is 24.3 Å². The lowest BCUT2D eigenvalue weighted by Gasteiger charge is -1.96. The summed E-state index contributed by atoms with van der Waals surface area (Å²) in [6.45, 7) is 0. The molecule has 0 aliphatic carbocycles. The second-order valence-corrected chi connectivity index (χ2v) is 3.68. The summed E-state index contributed by atoms with van der Waals surface area (Å²) in [5.74, 6) is 0.316. The van der Waals surface area contributed by atoms with Crippen molar-refractivity contribution >= 4 is 6.08 Å². The van der Waals surface area contributed by atoms with Crippen molar-refractivity contribution in [1.29, 1.82) is 0 Å². The molecule has 1 nitrogen and oxygen atoms in total. The quantitative estimate of drug-likeness (QED) is 0.819. The maximum Gasteiger partial charge on any atom is 0.115 e. The molecule has 0 heterocycles. The van der Waals surface area contributed by atoms with Gasteiger partial charge in [0.15, 0.2) is 0 Å². The second-order valence-electron chi connectivity index (χ2n) is 3.68. The molecule has 0 spiro atoms. The first-order valence-corrected chi connectivity index (χ1v) is 5.34. The molecule has 0 amide bonds. The Morgan fingerprint density at radius 1 is 0.875 bits per heavy atom. The van der Waals surface area contributed by atoms with Crippen molar-refractivity contribution in [3.63, 3.8) is 0 Å². The Kier molecular flexibility index (Phi) is 3.39. The van der Waals surface area contributed by atoms with Gasteiger partial charge in [0.2, 0.25) is 0 Å². The van der Waals surface area contributed by atoms with Crippen LogP contribution in [0.2, 0.25) is 0 Å². The summed E-state index contributed by atoms with van der Waals surface area (Å²) in [7, 11) is 0. The van der Waals surface area contributed by atoms with Gasteiger partial charge >= 0.3 is 0 Å². The Hall–Kier alpha value is -2.02. The fourth-order valence-corrected chi connectivity index (χ4v) is 1.53. The summed E-state index contributed by atoms with van der Waals surface area (Å²) in [6, 6.07) is 17.5. The third-order valence-electron chi connectivity index (χ3n) is 2.40. The lowest BCUT2D eigenvalue weighted by Crippen LogP contribution is -1.79. The van der Waals surface area contributed by atoms with Crippen molar-refractivity contribution in [3.05, 3.63) is 71.8 Å². The van der Waals surface area contributed by atoms with Gasteiger partial charge in [0.05, 0.1) is 0 Å². The summed E-state index contributed by atoms with van der Waals surface area (Å²) >= 11 is 0. The summed E-state index contributed by atoms with van der Waals surface area (Å²) in [6.07, 6.45) is 5.11. The number of rotatable bonds is 3. The van der Waals surface area contributed by atoms with E-state index in [0.29, 0.717) is 5.75 Å². The van der Waals surface area contributed by atoms with Crippen molar-refractivity contribution < 1.29 is 5.11 Å². The molecule has 0 radical (unpaired) electrons. The average molecular weight is 210 g/mol. The Bertz CT molecular complexity index is 455. The highest BCUT2D eigenvalue weighted by Crippen LogP contribution is 2.11. The monoisotopic (exact) mass is 210 g/mol. The molecule has 1 N–H and O–H groups in total. The highest BCUT2D eigenvalue weighted by atomic mass is 16.3. The first kappa shape index (κ1) is 10.5. The zero-order valence-corrected chi connectivity index (χ0v) is 9.01. The van der Waals surface area contributed by atoms with Gasteiger partial charge in [0.1, 0.15) is 5.75 Å². The van der Waals surface area contributed by atoms with Gasteiger partial charge in [-0.3, -0.25) is 0 Å². The molecular formula is C15H14O. The number of phenols is 1. The molecule has 0 bridgehead atoms. The fraction of sp³-hybridized carbons (Fsp3) is 0.0667. The summed E-state index contributed by atoms with van der Waals surface area (Å²) < 4.78 is 0. The van der Waals surface area contributed by atoms with Crippen LogP contribution in [0, 0.1) is 0 Å². The van der Waals surface area contributed by atoms with Crippen LogP contribution >= 0.6 is 0 Å². The molecular weight excluding hydrogens is 196 g/mol. The highest BCUT2D eigenvalue weighted by Gasteiger charge is 1.90. The SMILES string of the molecule is Oc1ccc(C/C=C/c2ccccc2)cc1. The maximum atomic E-state index is 9.14. The van der Waals surface area contributed by atoms with Gasteiger partial charge in [-0.1, -0.05) is 54.6 Å². The standard InChI is InChI=1S/C15H14O/c16-15-11-9-14(10-12-15)8-4-7-13-5-2-1-3-6-13/h1-7,9-12,16H,8H2/b7-4+. The van der Waals surface area contributed by atoms with Gasteiger partial charge in [-0.15, -0.1) is 0 Å². The van der Waals surface area contributed by atoms with Crippen LogP contribution in [0.3, 0.4) is 0 Å². The van der Waals surface area contributed by atoms with E-state index in [1.54, 1.807) is 12.1 Å². The van der Waals surface area contributed by atoms with Crippen molar-refractivity contribution in [2.75, 3.05) is 0 Å². The van der Waals surface area contributed by atoms with E-state index >= 15 is 0 Å². The van der Waals surface area contributed by atoms with E-state index in [4.69, 9.17) is 5.11 Å². The normalized spacial score (nSPS) is 10.8. The Balaban J connectivity index is 1.97. The third kappa shape index (κ3) is 2.99. The minimum Gasteiger partial charge on any atom is -0.508 e. The molecule has 2 aromatic carbocycles. The zero-order chi connectivity index (χ0) is 11.2. The molecule has 2 aromatic rings. The molecule has 0 aromatic heterocycles. The topological polar surface area (TPSA) is 20.2 Å². The first-order chi connectivity index (χ1) is 7.84. The van der Waals surface area contributed by atoms with Crippen molar-refractivity contribution in [2.24, 2.45) is 0 Å². The predicted octanol–water partition coefficient (Wildman–Crippen LogP) is 3.65. The number of hydrogen-bond acceptors (Lipinski definition) is 1. The van der Waals surface area contributed by atoms with E-state index in [1.807, 2.05) is 30.3 Å². The Morgan fingerprint density at radius 3 is 2.25 bits per heavy atom. The van der Waals surface area contributed by atoms with Gasteiger partial charge in [-0.25, -0.2) is 0 Å². The second kappa shape index (κ2) is 5.17. The van der Waals surface area contributed by atoms with Crippen LogP contribution in [0.1, 0.15) is 11.1 Å². The Labute approximate surface area is 95.7 Å². The molecule has 0 aliphatic rings. The van der Waals surface area contributed by atoms with E-state index < -0.39 is 0 Å². The molecule has 0 atom stereocenters. The molecule has 0 fully saturated rings. The molecule has 0 aliphatic heterocycles. The fourth-order valence-electron chi connectivity index (χ4n) is 1.53. The largest absolute Gasteiger partial charge is 0.508 e. The van der Waals surface area contributed by atoms with Crippen LogP contribution in [-0.4, -0.2) is 5.11 Å². The number of hydrogen-bond donors (Lipinski definition) is 1. The predicted molar refractivity (Wildman–Crippen MR) is 67.3 cm³/mol. The van der Waals surface area contributed by atoms with Crippen molar-refractivity contribution in [2.45, 2.75) is 6.42 Å². The maximum absolute atomic E-state index is 9.14. The van der Waals surface area contributed by atoms with Gasteiger partial charge < -0.3 is 5.11 Å². The Morgan fingerprint density at radius 2 is 1.56 bits per heavy atom. The van der Waals surface area contributed by atoms with Gasteiger partial charge in [0, 0.05) is 0 Å². The lowest BCUT2D eigenvalue weighted by molar-refractivity contribution is 0.475. The minimum absolute atomic E-state index is 0.316. The van der Waals surface area contributed by atoms with Crippen LogP contribution in [-0.2, 0) is 6.42 Å². The van der Waals surface area contributed by atoms with E-state index in [1.165, 1.54) is 11.1 Å². The molecule has 0 unspecified atom stereocenters. The highest BCUT2D eigenvalue weighted by molar-refractivity contribution is 5.49. The molecule has 0 saturated carbocycles. The molecule has 80 valence electrons. The number of aromatic hydroxyl groups is 1. The van der Waals surface area contributed by atoms with E-state index in [0.717, 1.165) is 6.42 Å². The van der Waals surface area contributed by atoms with Crippen molar-refractivity contribution in [1.82, 2.24) is 0 Å². The lowest BCUT2D eigenvalue weighted by atomic mass is 10.1. The summed E-state index contributed by atoms with van der Waals surface area (Å²) in [5.41, 5.74) is 2.41. The van der Waals surface area contributed by atoms with Crippen LogP contribution in [0.15, 0.2) is 60.7 Å². The third-order valence-corrected chi connectivity index (χ3v) is 2.40. The summed E-state index contributed by atoms with van der Waals surface area (Å²) in [4.78, 5) is 0. The molecule has 1 heteroatoms. The van der Waals surface area contributed by atoms with E-state index in [-0.39, 0.29) is 0 Å². The first-order valence-electron chi connectivity index (χ1n) is 5.34. The minimum atomic E-state index is 0.316. The number of benzene rings is 2. The van der Waals surface area contributed by atoms with E-state index in [9.17, 15) is 0 Å². The van der Waals surface area contributed by atoms with Crippen molar-refractivity contribution in [3.8, 4) is 5.75 Å². The summed E-state index contributed by atoms with van der Waals surface area (Å²) in [5, 5.41) is 9.14. The smallest absolute Gasteiger partial charge is 0.115 e. The molecule has 2 rings (SSSR count).